The van der Waals surface area contributed by atoms with E-state index in [2.05, 4.69) is 17.6 Å². The first-order valence-corrected chi connectivity index (χ1v) is 9.47. The summed E-state index contributed by atoms with van der Waals surface area (Å²) < 4.78 is 0. The summed E-state index contributed by atoms with van der Waals surface area (Å²) >= 11 is 7.61. The molecule has 4 nitrogen and oxygen atoms in total. The molecule has 0 saturated carbocycles. The van der Waals surface area contributed by atoms with Gasteiger partial charge >= 0.3 is 0 Å². The van der Waals surface area contributed by atoms with Crippen LogP contribution in [0.3, 0.4) is 0 Å². The Morgan fingerprint density at radius 3 is 2.85 bits per heavy atom. The summed E-state index contributed by atoms with van der Waals surface area (Å²) in [7, 11) is 0. The number of halogens is 1. The number of rotatable bonds is 6. The number of amides is 1. The van der Waals surface area contributed by atoms with Crippen LogP contribution >= 0.6 is 22.9 Å². The van der Waals surface area contributed by atoms with E-state index in [4.69, 9.17) is 16.9 Å². The van der Waals surface area contributed by atoms with Crippen molar-refractivity contribution >= 4 is 28.8 Å². The van der Waals surface area contributed by atoms with Crippen LogP contribution in [-0.4, -0.2) is 22.3 Å². The number of thiazole rings is 1. The molecule has 1 heterocycles. The molecular formula is C21H16ClN3OS. The number of benzene rings is 2. The van der Waals surface area contributed by atoms with E-state index in [1.165, 1.54) is 11.3 Å². The first-order valence-electron chi connectivity index (χ1n) is 8.22. The second-order valence-corrected chi connectivity index (χ2v) is 7.07. The second kappa shape index (κ2) is 8.63. The molecule has 3 rings (SSSR count). The van der Waals surface area contributed by atoms with Crippen molar-refractivity contribution in [1.29, 1.82) is 5.26 Å². The lowest BCUT2D eigenvalue weighted by atomic mass is 10.1. The van der Waals surface area contributed by atoms with Crippen LogP contribution in [0.25, 0.3) is 10.6 Å². The minimum Gasteiger partial charge on any atom is -0.329 e. The molecule has 0 radical (unpaired) electrons. The average molecular weight is 394 g/mol. The van der Waals surface area contributed by atoms with Crippen LogP contribution in [0.15, 0.2) is 66.6 Å². The van der Waals surface area contributed by atoms with Crippen molar-refractivity contribution in [2.75, 3.05) is 6.54 Å². The standard InChI is InChI=1S/C21H16ClN3OS/c1-2-10-25(13-16-7-5-6-15(11-16)12-23)21(26)19-14-27-20(24-19)17-8-3-4-9-18(17)22/h2-9,11,14H,1,10,13H2. The molecule has 0 aliphatic rings. The highest BCUT2D eigenvalue weighted by atomic mass is 35.5. The molecule has 0 bridgehead atoms. The lowest BCUT2D eigenvalue weighted by molar-refractivity contribution is 0.0757. The molecular weight excluding hydrogens is 378 g/mol. The van der Waals surface area contributed by atoms with E-state index in [9.17, 15) is 4.79 Å². The third-order valence-electron chi connectivity index (χ3n) is 3.89. The number of carbonyl (C=O) groups excluding carboxylic acids is 1. The van der Waals surface area contributed by atoms with Crippen molar-refractivity contribution in [3.8, 4) is 16.6 Å². The summed E-state index contributed by atoms with van der Waals surface area (Å²) in [6.07, 6.45) is 1.67. The van der Waals surface area contributed by atoms with Gasteiger partial charge in [-0.15, -0.1) is 17.9 Å². The minimum atomic E-state index is -0.188. The maximum Gasteiger partial charge on any atom is 0.273 e. The predicted octanol–water partition coefficient (Wildman–Crippen LogP) is 5.16. The van der Waals surface area contributed by atoms with Gasteiger partial charge in [0.15, 0.2) is 0 Å². The van der Waals surface area contributed by atoms with Crippen molar-refractivity contribution < 1.29 is 4.79 Å². The van der Waals surface area contributed by atoms with E-state index in [0.717, 1.165) is 11.1 Å². The first kappa shape index (κ1) is 18.8. The SMILES string of the molecule is C=CCN(Cc1cccc(C#N)c1)C(=O)c1csc(-c2ccccc2Cl)n1. The fraction of sp³-hybridized carbons (Fsp3) is 0.0952. The highest BCUT2D eigenvalue weighted by Crippen LogP contribution is 2.30. The van der Waals surface area contributed by atoms with Gasteiger partial charge in [-0.2, -0.15) is 5.26 Å². The molecule has 2 aromatic carbocycles. The first-order chi connectivity index (χ1) is 13.1. The highest BCUT2D eigenvalue weighted by molar-refractivity contribution is 7.13. The summed E-state index contributed by atoms with van der Waals surface area (Å²) in [6, 6.07) is 16.7. The Morgan fingerprint density at radius 1 is 1.30 bits per heavy atom. The van der Waals surface area contributed by atoms with Crippen molar-refractivity contribution in [3.05, 3.63) is 88.4 Å². The molecule has 0 aliphatic carbocycles. The van der Waals surface area contributed by atoms with E-state index >= 15 is 0 Å². The van der Waals surface area contributed by atoms with Crippen molar-refractivity contribution in [2.24, 2.45) is 0 Å². The zero-order valence-corrected chi connectivity index (χ0v) is 16.0. The quantitative estimate of drug-likeness (QED) is 0.543. The maximum atomic E-state index is 12.9. The monoisotopic (exact) mass is 393 g/mol. The van der Waals surface area contributed by atoms with Crippen LogP contribution in [-0.2, 0) is 6.54 Å². The smallest absolute Gasteiger partial charge is 0.273 e. The molecule has 1 amide bonds. The normalized spacial score (nSPS) is 10.2. The molecule has 0 atom stereocenters. The zero-order chi connectivity index (χ0) is 19.2. The summed E-state index contributed by atoms with van der Waals surface area (Å²) in [5, 5.41) is 12.1. The van der Waals surface area contributed by atoms with E-state index in [1.807, 2.05) is 30.3 Å². The Hall–Kier alpha value is -2.94. The number of nitriles is 1. The van der Waals surface area contributed by atoms with Crippen LogP contribution in [0, 0.1) is 11.3 Å². The number of aromatic nitrogens is 1. The Bertz CT molecular complexity index is 1020. The van der Waals surface area contributed by atoms with Crippen LogP contribution < -0.4 is 0 Å². The number of hydrogen-bond acceptors (Lipinski definition) is 4. The van der Waals surface area contributed by atoms with Gasteiger partial charge < -0.3 is 4.90 Å². The summed E-state index contributed by atoms with van der Waals surface area (Å²) in [5.74, 6) is -0.188. The van der Waals surface area contributed by atoms with Crippen molar-refractivity contribution in [1.82, 2.24) is 9.88 Å². The summed E-state index contributed by atoms with van der Waals surface area (Å²) in [5.41, 5.74) is 2.62. The zero-order valence-electron chi connectivity index (χ0n) is 14.4. The molecule has 1 aromatic heterocycles. The second-order valence-electron chi connectivity index (χ2n) is 5.80. The molecule has 6 heteroatoms. The predicted molar refractivity (Wildman–Crippen MR) is 109 cm³/mol. The van der Waals surface area contributed by atoms with E-state index in [1.54, 1.807) is 34.6 Å². The summed E-state index contributed by atoms with van der Waals surface area (Å²) in [6.45, 7) is 4.49. The molecule has 134 valence electrons. The van der Waals surface area contributed by atoms with E-state index < -0.39 is 0 Å². The highest BCUT2D eigenvalue weighted by Gasteiger charge is 2.19. The molecule has 0 N–H and O–H groups in total. The van der Waals surface area contributed by atoms with Gasteiger partial charge in [-0.3, -0.25) is 4.79 Å². The molecule has 27 heavy (non-hydrogen) atoms. The lowest BCUT2D eigenvalue weighted by Crippen LogP contribution is -2.31. The fourth-order valence-corrected chi connectivity index (χ4v) is 3.74. The Kier molecular flexibility index (Phi) is 6.02. The minimum absolute atomic E-state index is 0.188. The van der Waals surface area contributed by atoms with Gasteiger partial charge in [0.2, 0.25) is 0 Å². The topological polar surface area (TPSA) is 57.0 Å². The van der Waals surface area contributed by atoms with E-state index in [0.29, 0.717) is 34.4 Å². The molecule has 0 spiro atoms. The lowest BCUT2D eigenvalue weighted by Gasteiger charge is -2.20. The van der Waals surface area contributed by atoms with Crippen LogP contribution in [0.1, 0.15) is 21.6 Å². The number of nitrogens with zero attached hydrogens (tertiary/aromatic N) is 3. The average Bonchev–Trinajstić information content (AvgIpc) is 3.17. The maximum absolute atomic E-state index is 12.9. The van der Waals surface area contributed by atoms with Gasteiger partial charge in [-0.05, 0) is 23.8 Å². The van der Waals surface area contributed by atoms with Crippen LogP contribution in [0.5, 0.6) is 0 Å². The molecule has 3 aromatic rings. The van der Waals surface area contributed by atoms with Crippen molar-refractivity contribution in [2.45, 2.75) is 6.54 Å². The molecule has 0 fully saturated rings. The van der Waals surface area contributed by atoms with Crippen molar-refractivity contribution in [3.63, 3.8) is 0 Å². The van der Waals surface area contributed by atoms with Crippen LogP contribution in [0.4, 0.5) is 0 Å². The van der Waals surface area contributed by atoms with Gasteiger partial charge in [0.1, 0.15) is 10.7 Å². The van der Waals surface area contributed by atoms with Gasteiger partial charge in [0.05, 0.1) is 16.7 Å². The molecule has 0 unspecified atom stereocenters. The number of carbonyl (C=O) groups is 1. The Labute approximate surface area is 167 Å². The Balaban J connectivity index is 1.84. The molecule has 0 saturated heterocycles. The van der Waals surface area contributed by atoms with E-state index in [-0.39, 0.29) is 5.91 Å². The van der Waals surface area contributed by atoms with Gasteiger partial charge in [0.25, 0.3) is 5.91 Å². The summed E-state index contributed by atoms with van der Waals surface area (Å²) in [4.78, 5) is 19.1. The molecule has 0 aliphatic heterocycles. The van der Waals surface area contributed by atoms with Gasteiger partial charge in [-0.1, -0.05) is 48.0 Å². The third-order valence-corrected chi connectivity index (χ3v) is 5.10. The van der Waals surface area contributed by atoms with Crippen LogP contribution in [0.2, 0.25) is 5.02 Å². The fourth-order valence-electron chi connectivity index (χ4n) is 2.63. The number of hydrogen-bond donors (Lipinski definition) is 0. The largest absolute Gasteiger partial charge is 0.329 e. The van der Waals surface area contributed by atoms with Gasteiger partial charge in [0, 0.05) is 24.0 Å². The van der Waals surface area contributed by atoms with Gasteiger partial charge in [-0.25, -0.2) is 4.98 Å². The third kappa shape index (κ3) is 4.43. The Morgan fingerprint density at radius 2 is 2.11 bits per heavy atom.